The minimum atomic E-state index is -0.0843. The molecule has 0 spiro atoms. The third-order valence-electron chi connectivity index (χ3n) is 5.46. The van der Waals surface area contributed by atoms with Gasteiger partial charge in [-0.05, 0) is 31.5 Å². The minimum Gasteiger partial charge on any atom is -0.294 e. The van der Waals surface area contributed by atoms with Gasteiger partial charge in [-0.15, -0.1) is 0 Å². The van der Waals surface area contributed by atoms with Crippen LogP contribution in [0.15, 0.2) is 109 Å². The van der Waals surface area contributed by atoms with Gasteiger partial charge in [0, 0.05) is 28.5 Å². The van der Waals surface area contributed by atoms with Gasteiger partial charge in [0.25, 0.3) is 0 Å². The summed E-state index contributed by atoms with van der Waals surface area (Å²) in [6, 6.07) is 34.8. The normalized spacial score (nSPS) is 10.7. The smallest absolute Gasteiger partial charge is 0.170 e. The first-order valence-corrected chi connectivity index (χ1v) is 12.2. The third kappa shape index (κ3) is 9.72. The summed E-state index contributed by atoms with van der Waals surface area (Å²) in [5, 5.41) is 0.794. The Labute approximate surface area is 214 Å². The molecule has 4 aromatic rings. The fourth-order valence-corrected chi connectivity index (χ4v) is 3.36. The Kier molecular flexibility index (Phi) is 11.7. The van der Waals surface area contributed by atoms with Crippen LogP contribution in [0.25, 0.3) is 0 Å². The first-order valence-electron chi connectivity index (χ1n) is 11.8. The highest BCUT2D eigenvalue weighted by Crippen LogP contribution is 2.20. The number of carbonyl (C=O) groups is 2. The number of rotatable bonds is 5. The number of Topliss-reactive ketones (excluding diaryl/α,β-unsaturated/α-hetero) is 2. The van der Waals surface area contributed by atoms with Gasteiger partial charge in [0.05, 0.1) is 0 Å². The van der Waals surface area contributed by atoms with Gasteiger partial charge in [0.1, 0.15) is 0 Å². The maximum Gasteiger partial charge on any atom is 0.170 e. The van der Waals surface area contributed by atoms with Crippen molar-refractivity contribution in [3.05, 3.63) is 142 Å². The summed E-state index contributed by atoms with van der Waals surface area (Å²) in [7, 11) is 0. The Morgan fingerprint density at radius 2 is 1.09 bits per heavy atom. The van der Waals surface area contributed by atoms with Crippen LogP contribution in [0.1, 0.15) is 63.6 Å². The van der Waals surface area contributed by atoms with Crippen LogP contribution in [0.2, 0.25) is 5.02 Å². The highest BCUT2D eigenvalue weighted by atomic mass is 35.5. The quantitative estimate of drug-likeness (QED) is 0.265. The predicted octanol–water partition coefficient (Wildman–Crippen LogP) is 8.91. The van der Waals surface area contributed by atoms with E-state index < -0.39 is 0 Å². The summed E-state index contributed by atoms with van der Waals surface area (Å²) in [6.45, 7) is 7.87. The first-order chi connectivity index (χ1) is 16.8. The van der Waals surface area contributed by atoms with Crippen LogP contribution < -0.4 is 0 Å². The zero-order valence-electron chi connectivity index (χ0n) is 20.9. The van der Waals surface area contributed by atoms with Gasteiger partial charge in [0.2, 0.25) is 0 Å². The second kappa shape index (κ2) is 14.7. The molecule has 3 heteroatoms. The Balaban J connectivity index is 0.000000205. The molecule has 0 saturated carbocycles. The highest BCUT2D eigenvalue weighted by molar-refractivity contribution is 6.30. The van der Waals surface area contributed by atoms with Gasteiger partial charge < -0.3 is 0 Å². The molecule has 0 fully saturated rings. The van der Waals surface area contributed by atoms with Gasteiger partial charge in [-0.25, -0.2) is 0 Å². The van der Waals surface area contributed by atoms with Crippen molar-refractivity contribution < 1.29 is 9.59 Å². The molecule has 0 aliphatic heterocycles. The average Bonchev–Trinajstić information content (AvgIpc) is 2.90. The average molecular weight is 485 g/mol. The van der Waals surface area contributed by atoms with Gasteiger partial charge in [-0.3, -0.25) is 9.59 Å². The number of halogens is 1. The first kappa shape index (κ1) is 27.8. The van der Waals surface area contributed by atoms with Gasteiger partial charge in [-0.1, -0.05) is 134 Å². The zero-order valence-corrected chi connectivity index (χ0v) is 21.6. The van der Waals surface area contributed by atoms with Gasteiger partial charge in [0.15, 0.2) is 11.6 Å². The lowest BCUT2D eigenvalue weighted by Gasteiger charge is -2.10. The molecular weight excluding hydrogens is 452 g/mol. The van der Waals surface area contributed by atoms with Crippen LogP contribution in [-0.4, -0.2) is 11.6 Å². The molecule has 0 aliphatic carbocycles. The fourth-order valence-electron chi connectivity index (χ4n) is 3.22. The molecule has 0 amide bonds. The lowest BCUT2D eigenvalue weighted by Crippen LogP contribution is -2.09. The summed E-state index contributed by atoms with van der Waals surface area (Å²) in [6.07, 6.45) is 0.586. The number of ketones is 2. The van der Waals surface area contributed by atoms with Crippen LogP contribution >= 0.6 is 11.6 Å². The molecule has 0 saturated heterocycles. The van der Waals surface area contributed by atoms with E-state index >= 15 is 0 Å². The largest absolute Gasteiger partial charge is 0.294 e. The molecule has 0 N–H and O–H groups in total. The molecule has 0 aliphatic rings. The molecule has 4 rings (SSSR count). The number of aryl methyl sites for hydroxylation is 2. The van der Waals surface area contributed by atoms with Crippen LogP contribution in [0.5, 0.6) is 0 Å². The van der Waals surface area contributed by atoms with Crippen molar-refractivity contribution in [3.63, 3.8) is 0 Å². The Hall–Kier alpha value is -3.49. The molecule has 1 atom stereocenters. The van der Waals surface area contributed by atoms with E-state index in [2.05, 4.69) is 0 Å². The molecule has 4 aromatic carbocycles. The summed E-state index contributed by atoms with van der Waals surface area (Å²) in [4.78, 5) is 23.4. The Bertz CT molecular complexity index is 1170. The Morgan fingerprint density at radius 1 is 0.657 bits per heavy atom. The molecule has 0 aromatic heterocycles. The van der Waals surface area contributed by atoms with E-state index in [1.807, 2.05) is 137 Å². The number of carbonyl (C=O) groups excluding carboxylic acids is 2. The van der Waals surface area contributed by atoms with Crippen molar-refractivity contribution in [3.8, 4) is 0 Å². The molecule has 2 nitrogen and oxygen atoms in total. The zero-order chi connectivity index (χ0) is 25.6. The second-order valence-electron chi connectivity index (χ2n) is 8.30. The molecule has 1 unspecified atom stereocenters. The van der Waals surface area contributed by atoms with E-state index in [4.69, 9.17) is 11.6 Å². The van der Waals surface area contributed by atoms with E-state index in [-0.39, 0.29) is 17.5 Å². The van der Waals surface area contributed by atoms with Crippen LogP contribution in [-0.2, 0) is 0 Å². The molecular formula is C32H33ClO2. The van der Waals surface area contributed by atoms with Crippen molar-refractivity contribution in [2.24, 2.45) is 0 Å². The lowest BCUT2D eigenvalue weighted by molar-refractivity contribution is 0.0963. The highest BCUT2D eigenvalue weighted by Gasteiger charge is 2.16. The molecule has 0 heterocycles. The van der Waals surface area contributed by atoms with E-state index in [1.165, 1.54) is 11.1 Å². The molecule has 0 bridgehead atoms. The second-order valence-corrected chi connectivity index (χ2v) is 8.74. The maximum absolute atomic E-state index is 12.3. The van der Waals surface area contributed by atoms with Crippen molar-refractivity contribution >= 4 is 23.2 Å². The lowest BCUT2D eigenvalue weighted by atomic mass is 9.92. The van der Waals surface area contributed by atoms with Crippen molar-refractivity contribution in [2.45, 2.75) is 40.0 Å². The topological polar surface area (TPSA) is 34.1 Å². The van der Waals surface area contributed by atoms with Crippen molar-refractivity contribution in [1.82, 2.24) is 0 Å². The fraction of sp³-hybridized carbons (Fsp3) is 0.188. The van der Waals surface area contributed by atoms with E-state index in [9.17, 15) is 9.59 Å². The van der Waals surface area contributed by atoms with Crippen molar-refractivity contribution in [1.29, 1.82) is 0 Å². The van der Waals surface area contributed by atoms with Crippen molar-refractivity contribution in [2.75, 3.05) is 0 Å². The number of hydrogen-bond acceptors (Lipinski definition) is 2. The predicted molar refractivity (Wildman–Crippen MR) is 148 cm³/mol. The van der Waals surface area contributed by atoms with Crippen LogP contribution in [0.4, 0.5) is 0 Å². The molecule has 0 radical (unpaired) electrons. The third-order valence-corrected chi connectivity index (χ3v) is 5.71. The summed E-state index contributed by atoms with van der Waals surface area (Å²) in [5.74, 6) is 0.306. The molecule has 180 valence electrons. The van der Waals surface area contributed by atoms with E-state index in [0.29, 0.717) is 6.42 Å². The summed E-state index contributed by atoms with van der Waals surface area (Å²) >= 11 is 5.54. The van der Waals surface area contributed by atoms with Gasteiger partial charge >= 0.3 is 0 Å². The SMILES string of the molecule is CCC(=O)c1ccc(C)cc1.Cc1ccc(C(=O)C(C)c2ccccc2)cc1.Clc1ccccc1. The Morgan fingerprint density at radius 3 is 1.49 bits per heavy atom. The van der Waals surface area contributed by atoms with E-state index in [0.717, 1.165) is 21.7 Å². The number of hydrogen-bond donors (Lipinski definition) is 0. The minimum absolute atomic E-state index is 0.0843. The summed E-state index contributed by atoms with van der Waals surface area (Å²) in [5.41, 5.74) is 5.04. The van der Waals surface area contributed by atoms with Crippen LogP contribution in [0, 0.1) is 13.8 Å². The van der Waals surface area contributed by atoms with Crippen LogP contribution in [0.3, 0.4) is 0 Å². The monoisotopic (exact) mass is 484 g/mol. The maximum atomic E-state index is 12.3. The standard InChI is InChI=1S/C16H16O.C10H12O.C6H5Cl/c1-12-8-10-15(11-9-12)16(17)13(2)14-6-4-3-5-7-14;1-3-10(11)9-6-4-8(2)5-7-9;7-6-4-2-1-3-5-6/h3-11,13H,1-2H3;4-7H,3H2,1-2H3;1-5H. The van der Waals surface area contributed by atoms with E-state index in [1.54, 1.807) is 0 Å². The van der Waals surface area contributed by atoms with Gasteiger partial charge in [-0.2, -0.15) is 0 Å². The molecule has 35 heavy (non-hydrogen) atoms. The summed E-state index contributed by atoms with van der Waals surface area (Å²) < 4.78 is 0. The number of benzene rings is 4.